The first-order valence-electron chi connectivity index (χ1n) is 7.62. The number of nitrogens with zero attached hydrogens (tertiary/aromatic N) is 4. The van der Waals surface area contributed by atoms with Crippen molar-refractivity contribution in [2.45, 2.75) is 13.3 Å². The number of hydrogen-bond donors (Lipinski definition) is 1. The fourth-order valence-electron chi connectivity index (χ4n) is 2.79. The van der Waals surface area contributed by atoms with Crippen LogP contribution in [0.5, 0.6) is 0 Å². The van der Waals surface area contributed by atoms with Crippen LogP contribution in [0.4, 0.5) is 16.3 Å². The molecule has 0 atom stereocenters. The molecular formula is C15H19N5O3. The number of carbonyl (C=O) groups excluding carboxylic acids is 3. The molecule has 0 radical (unpaired) electrons. The zero-order valence-electron chi connectivity index (χ0n) is 13.0. The second-order valence-electron chi connectivity index (χ2n) is 5.62. The van der Waals surface area contributed by atoms with Crippen molar-refractivity contribution in [1.82, 2.24) is 15.2 Å². The van der Waals surface area contributed by atoms with E-state index in [1.54, 1.807) is 19.2 Å². The summed E-state index contributed by atoms with van der Waals surface area (Å²) in [6, 6.07) is 3.26. The molecule has 1 aromatic heterocycles. The van der Waals surface area contributed by atoms with Gasteiger partial charge in [-0.1, -0.05) is 0 Å². The molecule has 1 aromatic rings. The smallest absolute Gasteiger partial charge is 0.329 e. The number of piperazine rings is 1. The van der Waals surface area contributed by atoms with Gasteiger partial charge in [0.2, 0.25) is 11.8 Å². The highest BCUT2D eigenvalue weighted by molar-refractivity contribution is 6.05. The van der Waals surface area contributed by atoms with Crippen LogP contribution in [0.1, 0.15) is 13.3 Å². The quantitative estimate of drug-likeness (QED) is 0.842. The van der Waals surface area contributed by atoms with Crippen LogP contribution in [0, 0.1) is 0 Å². The van der Waals surface area contributed by atoms with E-state index in [4.69, 9.17) is 0 Å². The first kappa shape index (κ1) is 15.3. The molecule has 2 aliphatic rings. The predicted molar refractivity (Wildman–Crippen MR) is 84.2 cm³/mol. The van der Waals surface area contributed by atoms with Gasteiger partial charge < -0.3 is 9.80 Å². The Hall–Kier alpha value is -2.64. The van der Waals surface area contributed by atoms with E-state index in [-0.39, 0.29) is 18.2 Å². The molecule has 8 nitrogen and oxygen atoms in total. The normalized spacial score (nSPS) is 18.9. The third kappa shape index (κ3) is 3.25. The predicted octanol–water partition coefficient (Wildman–Crippen LogP) is 0.196. The van der Waals surface area contributed by atoms with Gasteiger partial charge in [0.1, 0.15) is 5.82 Å². The van der Waals surface area contributed by atoms with Crippen molar-refractivity contribution in [3.63, 3.8) is 0 Å². The molecule has 3 heterocycles. The maximum Gasteiger partial charge on any atom is 0.329 e. The molecule has 3 rings (SSSR count). The molecule has 122 valence electrons. The molecule has 0 bridgehead atoms. The fourth-order valence-corrected chi connectivity index (χ4v) is 2.79. The van der Waals surface area contributed by atoms with E-state index >= 15 is 0 Å². The number of rotatable bonds is 2. The summed E-state index contributed by atoms with van der Waals surface area (Å²) in [5, 5.41) is 2.28. The van der Waals surface area contributed by atoms with Gasteiger partial charge in [0.05, 0.1) is 11.9 Å². The summed E-state index contributed by atoms with van der Waals surface area (Å²) in [4.78, 5) is 44.1. The molecule has 8 heteroatoms. The maximum absolute atomic E-state index is 11.8. The summed E-state index contributed by atoms with van der Waals surface area (Å²) in [6.07, 6.45) is 2.00. The Morgan fingerprint density at radius 3 is 2.43 bits per heavy atom. The van der Waals surface area contributed by atoms with Crippen molar-refractivity contribution in [3.05, 3.63) is 18.3 Å². The van der Waals surface area contributed by atoms with Crippen LogP contribution < -0.4 is 15.1 Å². The van der Waals surface area contributed by atoms with Gasteiger partial charge in [0, 0.05) is 46.1 Å². The number of urea groups is 1. The second-order valence-corrected chi connectivity index (χ2v) is 5.62. The third-order valence-electron chi connectivity index (χ3n) is 4.15. The molecule has 0 aliphatic carbocycles. The van der Waals surface area contributed by atoms with E-state index in [0.29, 0.717) is 25.5 Å². The Balaban J connectivity index is 1.65. The Kier molecular flexibility index (Phi) is 4.14. The number of hydrogen-bond acceptors (Lipinski definition) is 5. The lowest BCUT2D eigenvalue weighted by Crippen LogP contribution is -2.50. The molecule has 1 N–H and O–H groups in total. The number of pyridine rings is 1. The summed E-state index contributed by atoms with van der Waals surface area (Å²) in [6.45, 7) is 4.86. The Bertz CT molecular complexity index is 623. The average Bonchev–Trinajstić information content (AvgIpc) is 2.55. The van der Waals surface area contributed by atoms with Crippen LogP contribution in [0.25, 0.3) is 0 Å². The van der Waals surface area contributed by atoms with Gasteiger partial charge >= 0.3 is 6.03 Å². The zero-order chi connectivity index (χ0) is 16.4. The number of amides is 4. The monoisotopic (exact) mass is 317 g/mol. The van der Waals surface area contributed by atoms with Crippen LogP contribution >= 0.6 is 0 Å². The Morgan fingerprint density at radius 1 is 1.13 bits per heavy atom. The molecular weight excluding hydrogens is 298 g/mol. The van der Waals surface area contributed by atoms with Gasteiger partial charge in [-0.05, 0) is 12.1 Å². The third-order valence-corrected chi connectivity index (χ3v) is 4.15. The molecule has 0 unspecified atom stereocenters. The minimum Gasteiger partial charge on any atom is -0.367 e. The second kappa shape index (κ2) is 6.23. The van der Waals surface area contributed by atoms with Gasteiger partial charge in [0.15, 0.2) is 0 Å². The highest BCUT2D eigenvalue weighted by Crippen LogP contribution is 2.20. The number of imide groups is 1. The average molecular weight is 317 g/mol. The highest BCUT2D eigenvalue weighted by Gasteiger charge is 2.25. The molecule has 2 saturated heterocycles. The number of carbonyl (C=O) groups is 3. The summed E-state index contributed by atoms with van der Waals surface area (Å²) < 4.78 is 0. The standard InChI is InChI=1S/C15H19N5O3/c1-11(21)18-6-8-19(9-7-18)12-2-3-13(16-10-12)20-5-4-14(22)17-15(20)23/h2-3,10H,4-9H2,1H3,(H,17,22,23). The summed E-state index contributed by atoms with van der Waals surface area (Å²) >= 11 is 0. The lowest BCUT2D eigenvalue weighted by molar-refractivity contribution is -0.129. The first-order valence-corrected chi connectivity index (χ1v) is 7.62. The zero-order valence-corrected chi connectivity index (χ0v) is 13.0. The summed E-state index contributed by atoms with van der Waals surface area (Å²) in [5.74, 6) is 0.371. The first-order chi connectivity index (χ1) is 11.0. The van der Waals surface area contributed by atoms with Crippen molar-refractivity contribution in [1.29, 1.82) is 0 Å². The van der Waals surface area contributed by atoms with Crippen molar-refractivity contribution in [2.24, 2.45) is 0 Å². The number of anilines is 2. The van der Waals surface area contributed by atoms with Crippen LogP contribution in [0.2, 0.25) is 0 Å². The highest BCUT2D eigenvalue weighted by atomic mass is 16.2. The van der Waals surface area contributed by atoms with E-state index in [9.17, 15) is 14.4 Å². The van der Waals surface area contributed by atoms with Crippen LogP contribution in [-0.2, 0) is 9.59 Å². The van der Waals surface area contributed by atoms with Gasteiger partial charge in [0.25, 0.3) is 0 Å². The lowest BCUT2D eigenvalue weighted by Gasteiger charge is -2.35. The van der Waals surface area contributed by atoms with E-state index < -0.39 is 6.03 Å². The SMILES string of the molecule is CC(=O)N1CCN(c2ccc(N3CCC(=O)NC3=O)nc2)CC1. The van der Waals surface area contributed by atoms with E-state index in [2.05, 4.69) is 15.2 Å². The van der Waals surface area contributed by atoms with Crippen molar-refractivity contribution >= 4 is 29.4 Å². The van der Waals surface area contributed by atoms with E-state index in [1.165, 1.54) is 4.90 Å². The minimum absolute atomic E-state index is 0.101. The topological polar surface area (TPSA) is 85.9 Å². The van der Waals surface area contributed by atoms with Crippen LogP contribution in [-0.4, -0.2) is 60.5 Å². The minimum atomic E-state index is -0.434. The summed E-state index contributed by atoms with van der Waals surface area (Å²) in [5.41, 5.74) is 0.963. The molecule has 23 heavy (non-hydrogen) atoms. The number of aromatic nitrogens is 1. The van der Waals surface area contributed by atoms with Gasteiger partial charge in [-0.15, -0.1) is 0 Å². The summed E-state index contributed by atoms with van der Waals surface area (Å²) in [7, 11) is 0. The maximum atomic E-state index is 11.8. The molecule has 2 fully saturated rings. The fraction of sp³-hybridized carbons (Fsp3) is 0.467. The Morgan fingerprint density at radius 2 is 1.87 bits per heavy atom. The van der Waals surface area contributed by atoms with Crippen molar-refractivity contribution in [2.75, 3.05) is 42.5 Å². The lowest BCUT2D eigenvalue weighted by atomic mass is 10.2. The Labute approximate surface area is 134 Å². The van der Waals surface area contributed by atoms with Gasteiger partial charge in [-0.25, -0.2) is 9.78 Å². The molecule has 0 spiro atoms. The van der Waals surface area contributed by atoms with Crippen LogP contribution in [0.15, 0.2) is 18.3 Å². The molecule has 0 saturated carbocycles. The van der Waals surface area contributed by atoms with Crippen molar-refractivity contribution < 1.29 is 14.4 Å². The van der Waals surface area contributed by atoms with E-state index in [0.717, 1.165) is 18.8 Å². The molecule has 2 aliphatic heterocycles. The van der Waals surface area contributed by atoms with Crippen molar-refractivity contribution in [3.8, 4) is 0 Å². The van der Waals surface area contributed by atoms with Gasteiger partial charge in [-0.2, -0.15) is 0 Å². The van der Waals surface area contributed by atoms with Crippen LogP contribution in [0.3, 0.4) is 0 Å². The van der Waals surface area contributed by atoms with Gasteiger partial charge in [-0.3, -0.25) is 19.8 Å². The molecule has 0 aromatic carbocycles. The number of nitrogens with one attached hydrogen (secondary N) is 1. The van der Waals surface area contributed by atoms with E-state index in [1.807, 2.05) is 11.0 Å². The largest absolute Gasteiger partial charge is 0.367 e. The molecule has 4 amide bonds.